The molecule has 1 heterocycles. The van der Waals surface area contributed by atoms with E-state index in [0.29, 0.717) is 25.4 Å². The Balaban J connectivity index is 2.01. The first-order chi connectivity index (χ1) is 21.3. The number of hydrogen-bond donors (Lipinski definition) is 5. The Morgan fingerprint density at radius 3 is 2.64 bits per heavy atom. The molecule has 1 fully saturated rings. The summed E-state index contributed by atoms with van der Waals surface area (Å²) >= 11 is 0. The predicted molar refractivity (Wildman–Crippen MR) is 171 cm³/mol. The molecule has 1 aliphatic carbocycles. The Morgan fingerprint density at radius 2 is 1.98 bits per heavy atom. The fourth-order valence-corrected chi connectivity index (χ4v) is 6.34. The Kier molecular flexibility index (Phi) is 17.0. The number of ether oxygens (including phenoxy) is 2. The topological polar surface area (TPSA) is 186 Å². The first kappa shape index (κ1) is 39.1. The van der Waals surface area contributed by atoms with Gasteiger partial charge < -0.3 is 35.2 Å². The van der Waals surface area contributed by atoms with E-state index in [9.17, 15) is 34.2 Å². The highest BCUT2D eigenvalue weighted by atomic mass is 31.2. The van der Waals surface area contributed by atoms with Gasteiger partial charge in [0, 0.05) is 18.4 Å². The smallest absolute Gasteiger partial charge is 0.465 e. The Morgan fingerprint density at radius 1 is 1.22 bits per heavy atom. The van der Waals surface area contributed by atoms with Gasteiger partial charge in [0.25, 0.3) is 0 Å². The van der Waals surface area contributed by atoms with Crippen LogP contribution in [0.4, 0.5) is 0 Å². The molecule has 0 aromatic rings. The van der Waals surface area contributed by atoms with Gasteiger partial charge in [-0.3, -0.25) is 9.32 Å². The van der Waals surface area contributed by atoms with Gasteiger partial charge in [0.15, 0.2) is 0 Å². The average molecular weight is 656 g/mol. The third-order valence-corrected chi connectivity index (χ3v) is 8.85. The van der Waals surface area contributed by atoms with E-state index < -0.39 is 37.7 Å². The number of aliphatic hydroxyl groups is 2. The van der Waals surface area contributed by atoms with E-state index in [1.807, 2.05) is 13.0 Å². The normalized spacial score (nSPS) is 25.6. The van der Waals surface area contributed by atoms with Crippen molar-refractivity contribution in [2.75, 3.05) is 13.2 Å². The Labute approximate surface area is 267 Å². The number of carbonyl (C=O) groups is 2. The zero-order valence-electron chi connectivity index (χ0n) is 26.9. The molecular weight excluding hydrogens is 601 g/mol. The van der Waals surface area contributed by atoms with Gasteiger partial charge in [-0.25, -0.2) is 9.36 Å². The lowest BCUT2D eigenvalue weighted by molar-refractivity contribution is -0.150. The summed E-state index contributed by atoms with van der Waals surface area (Å²) in [5.41, 5.74) is 3.74. The predicted octanol–water partition coefficient (Wildman–Crippen LogP) is 4.65. The zero-order valence-corrected chi connectivity index (χ0v) is 27.8. The van der Waals surface area contributed by atoms with E-state index >= 15 is 0 Å². The maximum atomic E-state index is 12.6. The van der Waals surface area contributed by atoms with Crippen LogP contribution in [-0.4, -0.2) is 69.0 Å². The molecule has 0 radical (unpaired) electrons. The quantitative estimate of drug-likeness (QED) is 0.0429. The van der Waals surface area contributed by atoms with Crippen LogP contribution in [0.1, 0.15) is 85.0 Å². The number of carbonyl (C=O) groups excluding carboxylic acids is 2. The second-order valence-corrected chi connectivity index (χ2v) is 13.8. The van der Waals surface area contributed by atoms with Crippen molar-refractivity contribution in [3.05, 3.63) is 48.6 Å². The average Bonchev–Trinajstić information content (AvgIpc) is 2.97. The van der Waals surface area contributed by atoms with Crippen LogP contribution in [0, 0.1) is 23.7 Å². The van der Waals surface area contributed by atoms with Gasteiger partial charge in [-0.1, -0.05) is 70.1 Å². The molecule has 0 saturated heterocycles. The van der Waals surface area contributed by atoms with Gasteiger partial charge in [-0.05, 0) is 69.4 Å². The highest BCUT2D eigenvalue weighted by Crippen LogP contribution is 2.42. The van der Waals surface area contributed by atoms with Crippen molar-refractivity contribution in [3.8, 4) is 0 Å². The number of unbranched alkanes of at least 4 members (excludes halogenated alkanes) is 1. The van der Waals surface area contributed by atoms with Gasteiger partial charge in [0.2, 0.25) is 0 Å². The molecule has 6 N–H and O–H groups in total. The van der Waals surface area contributed by atoms with Crippen molar-refractivity contribution >= 4 is 19.8 Å². The van der Waals surface area contributed by atoms with Crippen LogP contribution in [0.2, 0.25) is 0 Å². The summed E-state index contributed by atoms with van der Waals surface area (Å²) in [4.78, 5) is 43.5. The van der Waals surface area contributed by atoms with Gasteiger partial charge >= 0.3 is 19.8 Å². The van der Waals surface area contributed by atoms with Crippen molar-refractivity contribution in [1.82, 2.24) is 0 Å². The number of hydrogen-bond acceptors (Lipinski definition) is 9. The third kappa shape index (κ3) is 14.9. The largest absolute Gasteiger partial charge is 0.469 e. The van der Waals surface area contributed by atoms with Crippen molar-refractivity contribution in [1.29, 1.82) is 0 Å². The maximum absolute atomic E-state index is 12.6. The minimum Gasteiger partial charge on any atom is -0.465 e. The van der Waals surface area contributed by atoms with Gasteiger partial charge in [-0.15, -0.1) is 0 Å². The maximum Gasteiger partial charge on any atom is 0.469 e. The summed E-state index contributed by atoms with van der Waals surface area (Å²) < 4.78 is 27.7. The molecule has 0 aromatic heterocycles. The number of nitrogens with two attached hydrogens (primary N) is 1. The molecule has 11 nitrogen and oxygen atoms in total. The number of rotatable bonds is 19. The molecule has 0 spiro atoms. The monoisotopic (exact) mass is 655 g/mol. The highest BCUT2D eigenvalue weighted by molar-refractivity contribution is 7.46. The number of esters is 2. The van der Waals surface area contributed by atoms with Crippen LogP contribution >= 0.6 is 7.82 Å². The third-order valence-electron chi connectivity index (χ3n) is 8.32. The molecule has 2 rings (SSSR count). The number of phosphoric acid groups is 1. The van der Waals surface area contributed by atoms with Crippen LogP contribution in [0.5, 0.6) is 0 Å². The van der Waals surface area contributed by atoms with Crippen molar-refractivity contribution in [2.24, 2.45) is 29.4 Å². The molecule has 1 saturated carbocycles. The van der Waals surface area contributed by atoms with E-state index in [0.717, 1.165) is 38.5 Å². The van der Waals surface area contributed by atoms with Crippen LogP contribution in [0.3, 0.4) is 0 Å². The zero-order chi connectivity index (χ0) is 33.5. The summed E-state index contributed by atoms with van der Waals surface area (Å²) in [7, 11) is -5.08. The lowest BCUT2D eigenvalue weighted by Gasteiger charge is -2.35. The number of phosphoric ester groups is 1. The second kappa shape index (κ2) is 19.5. The second-order valence-electron chi connectivity index (χ2n) is 12.6. The number of aliphatic hydroxyl groups excluding tert-OH is 1. The fraction of sp³-hybridized carbons (Fsp3) is 0.697. The summed E-state index contributed by atoms with van der Waals surface area (Å²) in [6, 6.07) is 0. The standard InChI is InChI=1S/C33H54NO10P/c1-4-26-15-16-31(36)43-29(26)17-18-33(38,19-20-34)30(44-45(39,40)41)23-28(35)14-6-5-11-25-12-9-13-27(22-25)32(37)42-21-8-7-10-24(2)3/h5-6,11,14-18,24-30,35,38H,4,7-10,12-13,19-23,34H2,1-3H3,(H2,39,40,41). The summed E-state index contributed by atoms with van der Waals surface area (Å²) in [6.45, 7) is 6.67. The first-order valence-corrected chi connectivity index (χ1v) is 17.7. The lowest BCUT2D eigenvalue weighted by atomic mass is 9.81. The molecule has 0 bridgehead atoms. The summed E-state index contributed by atoms with van der Waals surface area (Å²) in [6.07, 6.45) is 15.7. The molecule has 256 valence electrons. The molecule has 0 amide bonds. The molecule has 45 heavy (non-hydrogen) atoms. The first-order valence-electron chi connectivity index (χ1n) is 16.2. The van der Waals surface area contributed by atoms with Gasteiger partial charge in [0.05, 0.1) is 18.6 Å². The van der Waals surface area contributed by atoms with Crippen LogP contribution in [0.25, 0.3) is 0 Å². The van der Waals surface area contributed by atoms with E-state index in [-0.39, 0.29) is 43.1 Å². The van der Waals surface area contributed by atoms with Crippen LogP contribution < -0.4 is 5.73 Å². The van der Waals surface area contributed by atoms with Crippen molar-refractivity contribution in [2.45, 2.75) is 109 Å². The minimum absolute atomic E-state index is 0.0495. The van der Waals surface area contributed by atoms with Crippen LogP contribution in [0.15, 0.2) is 48.6 Å². The molecule has 0 aromatic carbocycles. The highest BCUT2D eigenvalue weighted by Gasteiger charge is 2.40. The number of cyclic esters (lactones) is 1. The van der Waals surface area contributed by atoms with E-state index in [1.54, 1.807) is 18.2 Å². The fourth-order valence-electron chi connectivity index (χ4n) is 5.74. The SMILES string of the molecule is CCC1C=CC(=O)OC1C=CC(O)(CCN)C(CC(O)C=CC=CC1CCCC(C(=O)OCCCCC(C)C)C1)OP(=O)(O)O. The van der Waals surface area contributed by atoms with Gasteiger partial charge in [-0.2, -0.15) is 0 Å². The Hall–Kier alpha value is -2.11. The van der Waals surface area contributed by atoms with Gasteiger partial charge in [0.1, 0.15) is 17.8 Å². The number of allylic oxidation sites excluding steroid dienone is 3. The molecule has 7 unspecified atom stereocenters. The summed E-state index contributed by atoms with van der Waals surface area (Å²) in [5.74, 6) is -0.133. The van der Waals surface area contributed by atoms with E-state index in [2.05, 4.69) is 13.8 Å². The molecular formula is C33H54NO10P. The van der Waals surface area contributed by atoms with Crippen LogP contribution in [-0.2, 0) is 28.2 Å². The molecule has 1 aliphatic heterocycles. The molecule has 2 aliphatic rings. The van der Waals surface area contributed by atoms with Crippen molar-refractivity contribution < 1.29 is 48.2 Å². The molecule has 7 atom stereocenters. The minimum atomic E-state index is -5.08. The van der Waals surface area contributed by atoms with E-state index in [4.69, 9.17) is 19.7 Å². The van der Waals surface area contributed by atoms with E-state index in [1.165, 1.54) is 24.3 Å². The molecule has 12 heteroatoms. The van der Waals surface area contributed by atoms with Crippen molar-refractivity contribution in [3.63, 3.8) is 0 Å². The summed E-state index contributed by atoms with van der Waals surface area (Å²) in [5, 5.41) is 22.2. The Bertz CT molecular complexity index is 1080. The lowest BCUT2D eigenvalue weighted by Crippen LogP contribution is -2.45.